The zero-order chi connectivity index (χ0) is 20.0. The molecule has 2 aromatic carbocycles. The van der Waals surface area contributed by atoms with Crippen molar-refractivity contribution in [1.29, 1.82) is 0 Å². The van der Waals surface area contributed by atoms with Crippen molar-refractivity contribution in [2.24, 2.45) is 11.3 Å². The number of halogens is 2. The lowest BCUT2D eigenvalue weighted by atomic mass is 10.0. The maximum atomic E-state index is 12.9. The Balaban J connectivity index is 1.81. The zero-order valence-electron chi connectivity index (χ0n) is 15.0. The molecule has 144 valence electrons. The minimum Gasteiger partial charge on any atom is -0.495 e. The third kappa shape index (κ3) is 3.93. The topological polar surface area (TPSA) is 72.5 Å². The van der Waals surface area contributed by atoms with Crippen molar-refractivity contribution in [3.63, 3.8) is 0 Å². The summed E-state index contributed by atoms with van der Waals surface area (Å²) >= 11 is 6.02. The van der Waals surface area contributed by atoms with Crippen LogP contribution in [0.2, 0.25) is 5.02 Å². The zero-order valence-corrected chi connectivity index (χ0v) is 17.3. The molecule has 0 aromatic heterocycles. The van der Waals surface area contributed by atoms with Gasteiger partial charge in [0.2, 0.25) is 5.91 Å². The van der Waals surface area contributed by atoms with Crippen LogP contribution in [0.25, 0.3) is 0 Å². The number of anilines is 1. The van der Waals surface area contributed by atoms with Crippen LogP contribution in [0.15, 0.2) is 47.4 Å². The first-order chi connectivity index (χ1) is 12.6. The van der Waals surface area contributed by atoms with Crippen LogP contribution in [0.4, 0.5) is 5.69 Å². The molecule has 0 bridgehead atoms. The Labute approximate surface area is 168 Å². The number of amides is 1. The molecule has 2 unspecified atom stereocenters. The maximum absolute atomic E-state index is 12.9. The fourth-order valence-corrected chi connectivity index (χ4v) is 4.52. The van der Waals surface area contributed by atoms with E-state index in [0.29, 0.717) is 16.5 Å². The first kappa shape index (κ1) is 20.0. The van der Waals surface area contributed by atoms with Crippen LogP contribution in [-0.2, 0) is 13.8 Å². The van der Waals surface area contributed by atoms with E-state index in [0.717, 1.165) is 5.56 Å². The van der Waals surface area contributed by atoms with Crippen molar-refractivity contribution >= 4 is 42.9 Å². The molecule has 0 heterocycles. The number of benzene rings is 2. The van der Waals surface area contributed by atoms with Gasteiger partial charge in [-0.3, -0.25) is 4.79 Å². The first-order valence-corrected chi connectivity index (χ1v) is 10.9. The lowest BCUT2D eigenvalue weighted by Crippen LogP contribution is -2.17. The molecular weight excluding hydrogens is 409 g/mol. The molecule has 27 heavy (non-hydrogen) atoms. The molecule has 0 spiro atoms. The fourth-order valence-electron chi connectivity index (χ4n) is 3.58. The molecule has 8 heteroatoms. The molecule has 0 aliphatic heterocycles. The molecule has 1 amide bonds. The Hall–Kier alpha value is -1.76. The van der Waals surface area contributed by atoms with Crippen LogP contribution in [0, 0.1) is 11.3 Å². The average molecular weight is 428 g/mol. The lowest BCUT2D eigenvalue weighted by Gasteiger charge is -2.11. The van der Waals surface area contributed by atoms with E-state index in [-0.39, 0.29) is 28.1 Å². The highest BCUT2D eigenvalue weighted by molar-refractivity contribution is 8.13. The van der Waals surface area contributed by atoms with Crippen molar-refractivity contribution in [3.05, 3.63) is 53.1 Å². The molecule has 0 saturated heterocycles. The Kier molecular flexibility index (Phi) is 5.18. The summed E-state index contributed by atoms with van der Waals surface area (Å²) in [5, 5.41) is 3.39. The van der Waals surface area contributed by atoms with E-state index in [2.05, 4.69) is 5.32 Å². The molecule has 1 aliphatic carbocycles. The number of rotatable bonds is 5. The van der Waals surface area contributed by atoms with E-state index in [4.69, 9.17) is 27.0 Å². The normalized spacial score (nSPS) is 20.8. The second-order valence-corrected chi connectivity index (χ2v) is 10.1. The van der Waals surface area contributed by atoms with Gasteiger partial charge in [-0.05, 0) is 41.3 Å². The average Bonchev–Trinajstić information content (AvgIpc) is 3.17. The number of ether oxygens (including phenoxy) is 1. The van der Waals surface area contributed by atoms with Gasteiger partial charge in [0, 0.05) is 21.6 Å². The van der Waals surface area contributed by atoms with Gasteiger partial charge in [-0.15, -0.1) is 0 Å². The van der Waals surface area contributed by atoms with Crippen LogP contribution in [0.5, 0.6) is 5.75 Å². The van der Waals surface area contributed by atoms with Crippen LogP contribution in [-0.4, -0.2) is 21.4 Å². The van der Waals surface area contributed by atoms with Crippen molar-refractivity contribution in [2.45, 2.75) is 24.7 Å². The van der Waals surface area contributed by atoms with E-state index < -0.39 is 9.05 Å². The fraction of sp³-hybridized carbons (Fsp3) is 0.316. The highest BCUT2D eigenvalue weighted by Crippen LogP contribution is 2.64. The van der Waals surface area contributed by atoms with Crippen LogP contribution in [0.1, 0.15) is 25.3 Å². The Bertz CT molecular complexity index is 987. The first-order valence-electron chi connectivity index (χ1n) is 8.24. The van der Waals surface area contributed by atoms with Gasteiger partial charge in [-0.1, -0.05) is 37.6 Å². The largest absolute Gasteiger partial charge is 0.495 e. The van der Waals surface area contributed by atoms with E-state index >= 15 is 0 Å². The predicted molar refractivity (Wildman–Crippen MR) is 106 cm³/mol. The summed E-state index contributed by atoms with van der Waals surface area (Å²) in [5.41, 5.74) is 1.14. The number of hydrogen-bond acceptors (Lipinski definition) is 4. The van der Waals surface area contributed by atoms with Gasteiger partial charge in [0.25, 0.3) is 9.05 Å². The molecule has 0 radical (unpaired) electrons. The molecule has 5 nitrogen and oxygen atoms in total. The van der Waals surface area contributed by atoms with E-state index in [1.165, 1.54) is 19.2 Å². The van der Waals surface area contributed by atoms with Gasteiger partial charge in [0.1, 0.15) is 5.75 Å². The van der Waals surface area contributed by atoms with E-state index in [1.807, 2.05) is 13.8 Å². The maximum Gasteiger partial charge on any atom is 0.261 e. The second-order valence-electron chi connectivity index (χ2n) is 7.12. The SMILES string of the molecule is COc1ccc(Cl)cc1NC(=O)C1C(c2ccc(S(=O)(=O)Cl)cc2)C1(C)C. The number of nitrogens with one attached hydrogen (secondary N) is 1. The summed E-state index contributed by atoms with van der Waals surface area (Å²) in [6, 6.07) is 11.3. The molecular formula is C19H19Cl2NO4S. The smallest absolute Gasteiger partial charge is 0.261 e. The quantitative estimate of drug-likeness (QED) is 0.704. The molecule has 1 aliphatic rings. The van der Waals surface area contributed by atoms with Crippen molar-refractivity contribution < 1.29 is 17.9 Å². The van der Waals surface area contributed by atoms with Gasteiger partial charge < -0.3 is 10.1 Å². The third-order valence-electron chi connectivity index (χ3n) is 5.05. The standard InChI is InChI=1S/C19H19Cl2NO4S/c1-19(2)16(11-4-7-13(8-5-11)27(21,24)25)17(19)18(23)22-14-10-12(20)6-9-15(14)26-3/h4-10,16-17H,1-3H3,(H,22,23). The van der Waals surface area contributed by atoms with Crippen LogP contribution >= 0.6 is 22.3 Å². The van der Waals surface area contributed by atoms with E-state index in [1.54, 1.807) is 30.3 Å². The summed E-state index contributed by atoms with van der Waals surface area (Å²) in [6.07, 6.45) is 0. The monoisotopic (exact) mass is 427 g/mol. The molecule has 3 rings (SSSR count). The van der Waals surface area contributed by atoms with Crippen molar-refractivity contribution in [2.75, 3.05) is 12.4 Å². The summed E-state index contributed by atoms with van der Waals surface area (Å²) in [7, 11) is 3.11. The number of methoxy groups -OCH3 is 1. The van der Waals surface area contributed by atoms with Crippen LogP contribution in [0.3, 0.4) is 0 Å². The molecule has 2 aromatic rings. The minimum absolute atomic E-state index is 0.0326. The highest BCUT2D eigenvalue weighted by atomic mass is 35.7. The summed E-state index contributed by atoms with van der Waals surface area (Å²) in [6.45, 7) is 4.01. The lowest BCUT2D eigenvalue weighted by molar-refractivity contribution is -0.118. The second kappa shape index (κ2) is 7.00. The molecule has 1 saturated carbocycles. The van der Waals surface area contributed by atoms with Crippen molar-refractivity contribution in [1.82, 2.24) is 0 Å². The number of carbonyl (C=O) groups is 1. The van der Waals surface area contributed by atoms with Crippen molar-refractivity contribution in [3.8, 4) is 5.75 Å². The summed E-state index contributed by atoms with van der Waals surface area (Å²) in [5.74, 6) is 0.0911. The minimum atomic E-state index is -3.77. The van der Waals surface area contributed by atoms with E-state index in [9.17, 15) is 13.2 Å². The molecule has 1 N–H and O–H groups in total. The van der Waals surface area contributed by atoms with Gasteiger partial charge in [0.15, 0.2) is 0 Å². The van der Waals surface area contributed by atoms with Gasteiger partial charge in [-0.2, -0.15) is 0 Å². The number of hydrogen-bond donors (Lipinski definition) is 1. The highest BCUT2D eigenvalue weighted by Gasteiger charge is 2.62. The van der Waals surface area contributed by atoms with Gasteiger partial charge in [0.05, 0.1) is 23.6 Å². The Morgan fingerprint density at radius 1 is 1.15 bits per heavy atom. The van der Waals surface area contributed by atoms with Gasteiger partial charge >= 0.3 is 0 Å². The Morgan fingerprint density at radius 2 is 1.78 bits per heavy atom. The predicted octanol–water partition coefficient (Wildman–Crippen LogP) is 4.65. The Morgan fingerprint density at radius 3 is 2.33 bits per heavy atom. The van der Waals surface area contributed by atoms with Gasteiger partial charge in [-0.25, -0.2) is 8.42 Å². The third-order valence-corrected chi connectivity index (χ3v) is 6.65. The van der Waals surface area contributed by atoms with Crippen LogP contribution < -0.4 is 10.1 Å². The summed E-state index contributed by atoms with van der Waals surface area (Å²) < 4.78 is 28.1. The number of carbonyl (C=O) groups excluding carboxylic acids is 1. The summed E-state index contributed by atoms with van der Waals surface area (Å²) in [4.78, 5) is 12.9. The molecule has 2 atom stereocenters. The molecule has 1 fully saturated rings.